The summed E-state index contributed by atoms with van der Waals surface area (Å²) in [4.78, 5) is 16.0. The zero-order chi connectivity index (χ0) is 13.8. The molecule has 1 aliphatic rings. The van der Waals surface area contributed by atoms with Crippen LogP contribution in [0, 0.1) is 0 Å². The summed E-state index contributed by atoms with van der Waals surface area (Å²) in [5.41, 5.74) is 5.33. The molecule has 1 fully saturated rings. The first kappa shape index (κ1) is 15.2. The van der Waals surface area contributed by atoms with Crippen LogP contribution >= 0.6 is 0 Å². The molecule has 2 N–H and O–H groups in total. The van der Waals surface area contributed by atoms with Crippen LogP contribution in [0.25, 0.3) is 0 Å². The molecule has 0 saturated carbocycles. The van der Waals surface area contributed by atoms with Crippen molar-refractivity contribution in [3.63, 3.8) is 0 Å². The molecule has 1 rings (SSSR count). The predicted molar refractivity (Wildman–Crippen MR) is 72.5 cm³/mol. The highest BCUT2D eigenvalue weighted by Gasteiger charge is 2.27. The summed E-state index contributed by atoms with van der Waals surface area (Å²) in [6, 6.07) is 0.436. The van der Waals surface area contributed by atoms with Gasteiger partial charge in [-0.15, -0.1) is 0 Å². The van der Waals surface area contributed by atoms with Gasteiger partial charge in [0.05, 0.1) is 0 Å². The van der Waals surface area contributed by atoms with Gasteiger partial charge in [-0.25, -0.2) is 4.79 Å². The van der Waals surface area contributed by atoms with Gasteiger partial charge in [0.25, 0.3) is 0 Å². The molecule has 1 atom stereocenters. The fourth-order valence-corrected chi connectivity index (χ4v) is 2.17. The van der Waals surface area contributed by atoms with Crippen LogP contribution in [-0.2, 0) is 4.74 Å². The van der Waals surface area contributed by atoms with Gasteiger partial charge in [-0.2, -0.15) is 0 Å². The predicted octanol–water partition coefficient (Wildman–Crippen LogP) is 1.28. The van der Waals surface area contributed by atoms with Crippen molar-refractivity contribution in [3.05, 3.63) is 0 Å². The molecule has 18 heavy (non-hydrogen) atoms. The summed E-state index contributed by atoms with van der Waals surface area (Å²) in [5.74, 6) is 0. The standard InChI is InChI=1S/C13H27N3O2/c1-5-11(10-14)15-6-8-16(9-7-15)12(17)18-13(2,3)4/h11H,5-10,14H2,1-4H3. The van der Waals surface area contributed by atoms with Gasteiger partial charge in [0, 0.05) is 38.8 Å². The maximum Gasteiger partial charge on any atom is 0.410 e. The van der Waals surface area contributed by atoms with Crippen molar-refractivity contribution >= 4 is 6.09 Å². The minimum Gasteiger partial charge on any atom is -0.444 e. The Bertz CT molecular complexity index is 264. The maximum atomic E-state index is 11.9. The number of carbonyl (C=O) groups excluding carboxylic acids is 1. The molecule has 1 amide bonds. The lowest BCUT2D eigenvalue weighted by molar-refractivity contribution is 0.0105. The van der Waals surface area contributed by atoms with Crippen LogP contribution in [0.5, 0.6) is 0 Å². The number of nitrogens with zero attached hydrogens (tertiary/aromatic N) is 2. The minimum absolute atomic E-state index is 0.206. The fourth-order valence-electron chi connectivity index (χ4n) is 2.17. The molecule has 5 heteroatoms. The molecule has 1 unspecified atom stereocenters. The number of rotatable bonds is 3. The Morgan fingerprint density at radius 1 is 1.28 bits per heavy atom. The van der Waals surface area contributed by atoms with E-state index in [1.807, 2.05) is 20.8 Å². The van der Waals surface area contributed by atoms with E-state index in [0.717, 1.165) is 32.6 Å². The molecule has 0 radical (unpaired) electrons. The number of ether oxygens (including phenoxy) is 1. The lowest BCUT2D eigenvalue weighted by Crippen LogP contribution is -2.54. The average Bonchev–Trinajstić information content (AvgIpc) is 2.29. The van der Waals surface area contributed by atoms with Gasteiger partial charge in [-0.1, -0.05) is 6.92 Å². The smallest absolute Gasteiger partial charge is 0.410 e. The lowest BCUT2D eigenvalue weighted by Gasteiger charge is -2.39. The van der Waals surface area contributed by atoms with E-state index >= 15 is 0 Å². The molecule has 0 aromatic carbocycles. The summed E-state index contributed by atoms with van der Waals surface area (Å²) >= 11 is 0. The number of carbonyl (C=O) groups is 1. The van der Waals surface area contributed by atoms with Gasteiger partial charge in [0.1, 0.15) is 5.60 Å². The third kappa shape index (κ3) is 4.46. The summed E-state index contributed by atoms with van der Waals surface area (Å²) in [7, 11) is 0. The quantitative estimate of drug-likeness (QED) is 0.827. The van der Waals surface area contributed by atoms with E-state index in [4.69, 9.17) is 10.5 Å². The topological polar surface area (TPSA) is 58.8 Å². The third-order valence-corrected chi connectivity index (χ3v) is 3.23. The third-order valence-electron chi connectivity index (χ3n) is 3.23. The second kappa shape index (κ2) is 6.38. The molecule has 1 aliphatic heterocycles. The van der Waals surface area contributed by atoms with Gasteiger partial charge in [0.2, 0.25) is 0 Å². The number of piperazine rings is 1. The fraction of sp³-hybridized carbons (Fsp3) is 0.923. The van der Waals surface area contributed by atoms with Crippen molar-refractivity contribution < 1.29 is 9.53 Å². The van der Waals surface area contributed by atoms with E-state index in [1.165, 1.54) is 0 Å². The second-order valence-electron chi connectivity index (χ2n) is 5.80. The van der Waals surface area contributed by atoms with Crippen LogP contribution in [0.4, 0.5) is 4.79 Å². The van der Waals surface area contributed by atoms with E-state index in [-0.39, 0.29) is 6.09 Å². The monoisotopic (exact) mass is 257 g/mol. The number of hydrogen-bond donors (Lipinski definition) is 1. The Hall–Kier alpha value is -0.810. The number of nitrogens with two attached hydrogens (primary N) is 1. The second-order valence-corrected chi connectivity index (χ2v) is 5.80. The van der Waals surface area contributed by atoms with Gasteiger partial charge < -0.3 is 15.4 Å². The van der Waals surface area contributed by atoms with E-state index < -0.39 is 5.60 Å². The molecule has 0 aliphatic carbocycles. The van der Waals surface area contributed by atoms with Crippen LogP contribution in [0.15, 0.2) is 0 Å². The molecule has 1 saturated heterocycles. The van der Waals surface area contributed by atoms with Crippen LogP contribution in [0.1, 0.15) is 34.1 Å². The summed E-state index contributed by atoms with van der Waals surface area (Å²) in [6.45, 7) is 11.7. The minimum atomic E-state index is -0.419. The van der Waals surface area contributed by atoms with Crippen molar-refractivity contribution in [1.29, 1.82) is 0 Å². The largest absolute Gasteiger partial charge is 0.444 e. The Labute approximate surface area is 110 Å². The molecule has 5 nitrogen and oxygen atoms in total. The first-order valence-corrected chi connectivity index (χ1v) is 6.79. The molecule has 0 aromatic heterocycles. The van der Waals surface area contributed by atoms with Crippen molar-refractivity contribution in [2.24, 2.45) is 5.73 Å². The van der Waals surface area contributed by atoms with Crippen molar-refractivity contribution in [3.8, 4) is 0 Å². The lowest BCUT2D eigenvalue weighted by atomic mass is 10.1. The highest BCUT2D eigenvalue weighted by Crippen LogP contribution is 2.13. The van der Waals surface area contributed by atoms with Gasteiger partial charge in [-0.05, 0) is 27.2 Å². The summed E-state index contributed by atoms with van der Waals surface area (Å²) in [6.07, 6.45) is 0.853. The van der Waals surface area contributed by atoms with Crippen LogP contribution in [-0.4, -0.2) is 60.3 Å². The molecule has 106 valence electrons. The van der Waals surface area contributed by atoms with E-state index in [0.29, 0.717) is 12.6 Å². The average molecular weight is 257 g/mol. The normalized spacial score (nSPS) is 19.7. The van der Waals surface area contributed by atoms with Gasteiger partial charge in [0.15, 0.2) is 0 Å². The first-order valence-electron chi connectivity index (χ1n) is 6.79. The Balaban J connectivity index is 2.41. The molecule has 0 bridgehead atoms. The zero-order valence-electron chi connectivity index (χ0n) is 12.1. The molecule has 0 spiro atoms. The highest BCUT2D eigenvalue weighted by molar-refractivity contribution is 5.68. The number of amides is 1. The number of hydrogen-bond acceptors (Lipinski definition) is 4. The van der Waals surface area contributed by atoms with Gasteiger partial charge in [-0.3, -0.25) is 4.90 Å². The van der Waals surface area contributed by atoms with Gasteiger partial charge >= 0.3 is 6.09 Å². The van der Waals surface area contributed by atoms with Crippen LogP contribution < -0.4 is 5.73 Å². The zero-order valence-corrected chi connectivity index (χ0v) is 12.1. The van der Waals surface area contributed by atoms with Crippen LogP contribution in [0.3, 0.4) is 0 Å². The van der Waals surface area contributed by atoms with Crippen molar-refractivity contribution in [2.75, 3.05) is 32.7 Å². The van der Waals surface area contributed by atoms with E-state index in [2.05, 4.69) is 11.8 Å². The van der Waals surface area contributed by atoms with Crippen LogP contribution in [0.2, 0.25) is 0 Å². The molecular weight excluding hydrogens is 230 g/mol. The summed E-state index contributed by atoms with van der Waals surface area (Å²) < 4.78 is 5.37. The Kier molecular flexibility index (Phi) is 5.41. The first-order chi connectivity index (χ1) is 8.37. The summed E-state index contributed by atoms with van der Waals surface area (Å²) in [5, 5.41) is 0. The van der Waals surface area contributed by atoms with Crippen molar-refractivity contribution in [1.82, 2.24) is 9.80 Å². The Morgan fingerprint density at radius 3 is 2.22 bits per heavy atom. The highest BCUT2D eigenvalue weighted by atomic mass is 16.6. The van der Waals surface area contributed by atoms with E-state index in [1.54, 1.807) is 4.90 Å². The van der Waals surface area contributed by atoms with E-state index in [9.17, 15) is 4.79 Å². The molecular formula is C13H27N3O2. The van der Waals surface area contributed by atoms with Crippen molar-refractivity contribution in [2.45, 2.75) is 45.8 Å². The molecule has 1 heterocycles. The molecule has 0 aromatic rings. The Morgan fingerprint density at radius 2 is 1.83 bits per heavy atom. The SMILES string of the molecule is CCC(CN)N1CCN(C(=O)OC(C)(C)C)CC1. The maximum absolute atomic E-state index is 11.9.